The summed E-state index contributed by atoms with van der Waals surface area (Å²) in [6.07, 6.45) is 13.6. The van der Waals surface area contributed by atoms with Gasteiger partial charge in [-0.15, -0.1) is 0 Å². The monoisotopic (exact) mass is 340 g/mol. The third kappa shape index (κ3) is 3.45. The van der Waals surface area contributed by atoms with E-state index >= 15 is 0 Å². The molecule has 2 aromatic rings. The molecule has 2 atom stereocenters. The smallest absolute Gasteiger partial charge is 0.0851 e. The van der Waals surface area contributed by atoms with Crippen molar-refractivity contribution in [1.29, 1.82) is 0 Å². The molecular weight excluding hydrogens is 311 g/mol. The molecule has 0 aromatic heterocycles. The van der Waals surface area contributed by atoms with Gasteiger partial charge in [0.15, 0.2) is 0 Å². The van der Waals surface area contributed by atoms with Crippen molar-refractivity contribution in [3.05, 3.63) is 83.5 Å². The van der Waals surface area contributed by atoms with Crippen LogP contribution in [0.15, 0.2) is 72.3 Å². The van der Waals surface area contributed by atoms with Crippen LogP contribution in [0.3, 0.4) is 0 Å². The van der Waals surface area contributed by atoms with Crippen LogP contribution < -0.4 is 0 Å². The van der Waals surface area contributed by atoms with Crippen molar-refractivity contribution in [2.24, 2.45) is 5.92 Å². The van der Waals surface area contributed by atoms with Gasteiger partial charge >= 0.3 is 0 Å². The molecule has 0 heterocycles. The number of allylic oxidation sites excluding steroid dienone is 4. The lowest BCUT2D eigenvalue weighted by Gasteiger charge is -2.22. The molecular formula is C25H29B. The summed E-state index contributed by atoms with van der Waals surface area (Å²) in [6.45, 7) is 2.34. The maximum absolute atomic E-state index is 2.50. The molecule has 0 N–H and O–H groups in total. The molecule has 2 aliphatic rings. The Labute approximate surface area is 159 Å². The van der Waals surface area contributed by atoms with Crippen molar-refractivity contribution < 1.29 is 0 Å². The molecule has 0 amide bonds. The maximum atomic E-state index is 2.50. The van der Waals surface area contributed by atoms with Crippen molar-refractivity contribution in [2.45, 2.75) is 50.8 Å². The van der Waals surface area contributed by atoms with Gasteiger partial charge in [0.05, 0.1) is 0 Å². The Kier molecular flexibility index (Phi) is 5.15. The fraction of sp³-hybridized carbons (Fsp3) is 0.360. The molecule has 0 fully saturated rings. The second kappa shape index (κ2) is 7.70. The van der Waals surface area contributed by atoms with Gasteiger partial charge < -0.3 is 0 Å². The van der Waals surface area contributed by atoms with Crippen molar-refractivity contribution in [2.75, 3.05) is 0 Å². The number of fused-ring (bicyclic) bond motifs is 3. The summed E-state index contributed by atoms with van der Waals surface area (Å²) < 4.78 is 0. The lowest BCUT2D eigenvalue weighted by Crippen LogP contribution is -2.07. The van der Waals surface area contributed by atoms with E-state index in [9.17, 15) is 0 Å². The molecule has 2 aliphatic carbocycles. The number of hydrogen-bond donors (Lipinski definition) is 0. The standard InChI is InChI=1S/C25H29B/c1-18(26)14-15-19-8-2-3-9-20(17-16-19)25-23-12-6-4-10-21(23)22-11-5-7-13-24(22)25/h2,4-13,18-19,25H,3,14-17,26H2,1H3/b8-2?,20-9+. The molecule has 1 heteroatoms. The average Bonchev–Trinajstić information content (AvgIpc) is 2.96. The van der Waals surface area contributed by atoms with Gasteiger partial charge in [0.25, 0.3) is 0 Å². The van der Waals surface area contributed by atoms with E-state index in [1.165, 1.54) is 47.9 Å². The fourth-order valence-corrected chi connectivity index (χ4v) is 4.65. The van der Waals surface area contributed by atoms with E-state index in [-0.39, 0.29) is 0 Å². The molecule has 2 aromatic carbocycles. The van der Waals surface area contributed by atoms with Crippen molar-refractivity contribution in [3.8, 4) is 11.1 Å². The van der Waals surface area contributed by atoms with Crippen LogP contribution in [0.5, 0.6) is 0 Å². The minimum Gasteiger partial charge on any atom is -0.0851 e. The molecule has 0 nitrogen and oxygen atoms in total. The predicted octanol–water partition coefficient (Wildman–Crippen LogP) is 6.30. The quantitative estimate of drug-likeness (QED) is 0.452. The molecule has 0 radical (unpaired) electrons. The first-order valence-corrected chi connectivity index (χ1v) is 10.3. The second-order valence-corrected chi connectivity index (χ2v) is 8.32. The SMILES string of the molecule is BC(C)CCC1C=CC/C=C(/C2c3ccccc3-c3ccccc32)CC1. The van der Waals surface area contributed by atoms with Crippen molar-refractivity contribution in [1.82, 2.24) is 0 Å². The van der Waals surface area contributed by atoms with Gasteiger partial charge in [-0.2, -0.15) is 0 Å². The molecule has 0 bridgehead atoms. The number of benzene rings is 2. The Balaban J connectivity index is 1.62. The van der Waals surface area contributed by atoms with Gasteiger partial charge in [-0.1, -0.05) is 91.5 Å². The molecule has 4 rings (SSSR count). The zero-order valence-electron chi connectivity index (χ0n) is 16.1. The Hall–Kier alpha value is -2.02. The molecule has 0 saturated heterocycles. The average molecular weight is 340 g/mol. The molecule has 0 saturated carbocycles. The first-order valence-electron chi connectivity index (χ1n) is 10.3. The van der Waals surface area contributed by atoms with Crippen LogP contribution in [0, 0.1) is 5.92 Å². The van der Waals surface area contributed by atoms with Crippen molar-refractivity contribution >= 4 is 7.85 Å². The van der Waals surface area contributed by atoms with Gasteiger partial charge in [0.1, 0.15) is 7.85 Å². The minimum absolute atomic E-state index is 0.458. The summed E-state index contributed by atoms with van der Waals surface area (Å²) in [5.74, 6) is 2.00. The number of hydrogen-bond acceptors (Lipinski definition) is 0. The van der Waals surface area contributed by atoms with Crippen LogP contribution in [-0.4, -0.2) is 7.85 Å². The zero-order chi connectivity index (χ0) is 17.9. The third-order valence-corrected chi connectivity index (χ3v) is 6.05. The van der Waals surface area contributed by atoms with E-state index in [4.69, 9.17) is 0 Å². The van der Waals surface area contributed by atoms with Gasteiger partial charge in [-0.25, -0.2) is 0 Å². The lowest BCUT2D eigenvalue weighted by atomic mass is 9.79. The molecule has 0 spiro atoms. The Morgan fingerprint density at radius 2 is 1.65 bits per heavy atom. The first-order chi connectivity index (χ1) is 12.7. The topological polar surface area (TPSA) is 0 Å². The van der Waals surface area contributed by atoms with Crippen LogP contribution in [0.25, 0.3) is 11.1 Å². The summed E-state index contributed by atoms with van der Waals surface area (Å²) in [7, 11) is 2.34. The third-order valence-electron chi connectivity index (χ3n) is 6.05. The van der Waals surface area contributed by atoms with E-state index in [2.05, 4.69) is 81.5 Å². The highest BCUT2D eigenvalue weighted by Crippen LogP contribution is 2.49. The fourth-order valence-electron chi connectivity index (χ4n) is 4.65. The summed E-state index contributed by atoms with van der Waals surface area (Å²) in [5, 5.41) is 0. The van der Waals surface area contributed by atoms with Crippen LogP contribution in [0.2, 0.25) is 5.82 Å². The van der Waals surface area contributed by atoms with Gasteiger partial charge in [-0.05, 0) is 53.9 Å². The Bertz CT molecular complexity index is 782. The molecule has 0 aliphatic heterocycles. The zero-order valence-corrected chi connectivity index (χ0v) is 16.1. The Morgan fingerprint density at radius 1 is 1.00 bits per heavy atom. The van der Waals surface area contributed by atoms with E-state index in [1.54, 1.807) is 5.57 Å². The van der Waals surface area contributed by atoms with Crippen LogP contribution >= 0.6 is 0 Å². The van der Waals surface area contributed by atoms with Crippen LogP contribution in [0.4, 0.5) is 0 Å². The van der Waals surface area contributed by atoms with E-state index in [0.717, 1.165) is 18.2 Å². The largest absolute Gasteiger partial charge is 0.105 e. The maximum Gasteiger partial charge on any atom is 0.105 e. The van der Waals surface area contributed by atoms with E-state index in [1.807, 2.05) is 0 Å². The summed E-state index contributed by atoms with van der Waals surface area (Å²) in [5.41, 5.74) is 7.50. The highest BCUT2D eigenvalue weighted by atomic mass is 14.3. The van der Waals surface area contributed by atoms with E-state index in [0.29, 0.717) is 5.92 Å². The van der Waals surface area contributed by atoms with Gasteiger partial charge in [0, 0.05) is 5.92 Å². The second-order valence-electron chi connectivity index (χ2n) is 8.32. The van der Waals surface area contributed by atoms with Gasteiger partial charge in [0.2, 0.25) is 0 Å². The number of rotatable bonds is 4. The van der Waals surface area contributed by atoms with Crippen LogP contribution in [0.1, 0.15) is 56.1 Å². The van der Waals surface area contributed by atoms with Gasteiger partial charge in [-0.3, -0.25) is 0 Å². The normalized spacial score (nSPS) is 22.7. The highest BCUT2D eigenvalue weighted by Gasteiger charge is 2.30. The first kappa shape index (κ1) is 17.4. The Morgan fingerprint density at radius 3 is 2.31 bits per heavy atom. The summed E-state index contributed by atoms with van der Waals surface area (Å²) in [6, 6.07) is 18.0. The predicted molar refractivity (Wildman–Crippen MR) is 115 cm³/mol. The highest BCUT2D eigenvalue weighted by molar-refractivity contribution is 6.11. The summed E-state index contributed by atoms with van der Waals surface area (Å²) in [4.78, 5) is 0. The van der Waals surface area contributed by atoms with E-state index < -0.39 is 0 Å². The molecule has 26 heavy (non-hydrogen) atoms. The minimum atomic E-state index is 0.458. The van der Waals surface area contributed by atoms with Crippen LogP contribution in [-0.2, 0) is 0 Å². The molecule has 132 valence electrons. The lowest BCUT2D eigenvalue weighted by molar-refractivity contribution is 0.509. The molecule has 2 unspecified atom stereocenters. The van der Waals surface area contributed by atoms with Crippen molar-refractivity contribution in [3.63, 3.8) is 0 Å². The summed E-state index contributed by atoms with van der Waals surface area (Å²) >= 11 is 0.